The second-order valence-electron chi connectivity index (χ2n) is 7.29. The van der Waals surface area contributed by atoms with Crippen LogP contribution in [0.2, 0.25) is 0 Å². The molecule has 2 aliphatic rings. The Labute approximate surface area is 149 Å². The number of piperidine rings is 1. The fraction of sp³-hybridized carbons (Fsp3) is 0.579. The molecule has 0 saturated carbocycles. The van der Waals surface area contributed by atoms with Gasteiger partial charge in [-0.15, -0.1) is 0 Å². The number of likely N-dealkylation sites (tertiary alicyclic amines) is 2. The van der Waals surface area contributed by atoms with E-state index in [4.69, 9.17) is 5.73 Å². The number of aryl methyl sites for hydroxylation is 1. The van der Waals surface area contributed by atoms with E-state index in [1.165, 1.54) is 32.4 Å². The summed E-state index contributed by atoms with van der Waals surface area (Å²) in [5.74, 6) is 0.123. The van der Waals surface area contributed by atoms with Crippen molar-refractivity contribution in [3.63, 3.8) is 0 Å². The van der Waals surface area contributed by atoms with Gasteiger partial charge in [-0.2, -0.15) is 0 Å². The normalized spacial score (nSPS) is 21.3. The fourth-order valence-corrected chi connectivity index (χ4v) is 3.89. The second-order valence-corrected chi connectivity index (χ2v) is 7.29. The summed E-state index contributed by atoms with van der Waals surface area (Å²) in [4.78, 5) is 28.2. The molecule has 2 saturated heterocycles. The molecule has 1 atom stereocenters. The van der Waals surface area contributed by atoms with Crippen LogP contribution >= 0.6 is 0 Å². The highest BCUT2D eigenvalue weighted by Crippen LogP contribution is 2.21. The molecule has 6 heteroatoms. The number of primary amides is 1. The van der Waals surface area contributed by atoms with Crippen molar-refractivity contribution in [1.82, 2.24) is 9.80 Å². The van der Waals surface area contributed by atoms with Crippen LogP contribution < -0.4 is 11.1 Å². The number of anilines is 1. The van der Waals surface area contributed by atoms with Crippen LogP contribution in [0.3, 0.4) is 0 Å². The van der Waals surface area contributed by atoms with Gasteiger partial charge in [-0.1, -0.05) is 6.42 Å². The molecule has 0 bridgehead atoms. The summed E-state index contributed by atoms with van der Waals surface area (Å²) in [5.41, 5.74) is 7.28. The van der Waals surface area contributed by atoms with Crippen molar-refractivity contribution in [2.24, 2.45) is 11.7 Å². The Morgan fingerprint density at radius 1 is 1.20 bits per heavy atom. The first-order valence-electron chi connectivity index (χ1n) is 9.21. The SMILES string of the molecule is Cc1cc(NC(=O)N2CCC(CN3CCCCC3)C2)ccc1C(N)=O. The maximum absolute atomic E-state index is 12.5. The Bertz CT molecular complexity index is 640. The summed E-state index contributed by atoms with van der Waals surface area (Å²) in [7, 11) is 0. The van der Waals surface area contributed by atoms with Crippen molar-refractivity contribution in [3.8, 4) is 0 Å². The zero-order valence-electron chi connectivity index (χ0n) is 15.0. The lowest BCUT2D eigenvalue weighted by atomic mass is 10.1. The molecule has 3 rings (SSSR count). The summed E-state index contributed by atoms with van der Waals surface area (Å²) in [6, 6.07) is 5.12. The molecule has 0 aromatic heterocycles. The van der Waals surface area contributed by atoms with E-state index in [0.717, 1.165) is 31.6 Å². The predicted molar refractivity (Wildman–Crippen MR) is 98.7 cm³/mol. The van der Waals surface area contributed by atoms with Gasteiger partial charge in [0.15, 0.2) is 0 Å². The highest BCUT2D eigenvalue weighted by molar-refractivity contribution is 5.96. The van der Waals surface area contributed by atoms with Crippen LogP contribution in [0.4, 0.5) is 10.5 Å². The van der Waals surface area contributed by atoms with Crippen LogP contribution in [-0.4, -0.2) is 54.5 Å². The van der Waals surface area contributed by atoms with E-state index in [9.17, 15) is 9.59 Å². The van der Waals surface area contributed by atoms with Gasteiger partial charge in [-0.05, 0) is 69.0 Å². The van der Waals surface area contributed by atoms with Crippen molar-refractivity contribution in [3.05, 3.63) is 29.3 Å². The van der Waals surface area contributed by atoms with Gasteiger partial charge in [0.25, 0.3) is 0 Å². The monoisotopic (exact) mass is 344 g/mol. The molecule has 0 spiro atoms. The Morgan fingerprint density at radius 2 is 1.96 bits per heavy atom. The average molecular weight is 344 g/mol. The molecule has 25 heavy (non-hydrogen) atoms. The minimum Gasteiger partial charge on any atom is -0.366 e. The molecule has 3 N–H and O–H groups in total. The molecule has 6 nitrogen and oxygen atoms in total. The molecule has 0 radical (unpaired) electrons. The van der Waals surface area contributed by atoms with Crippen LogP contribution in [0.15, 0.2) is 18.2 Å². The molecule has 0 aliphatic carbocycles. The van der Waals surface area contributed by atoms with Crippen molar-refractivity contribution in [1.29, 1.82) is 0 Å². The van der Waals surface area contributed by atoms with Gasteiger partial charge >= 0.3 is 6.03 Å². The van der Waals surface area contributed by atoms with Crippen molar-refractivity contribution in [2.75, 3.05) is 38.0 Å². The zero-order chi connectivity index (χ0) is 17.8. The summed E-state index contributed by atoms with van der Waals surface area (Å²) in [5, 5.41) is 2.94. The van der Waals surface area contributed by atoms with Gasteiger partial charge in [0.2, 0.25) is 5.91 Å². The largest absolute Gasteiger partial charge is 0.366 e. The quantitative estimate of drug-likeness (QED) is 0.880. The van der Waals surface area contributed by atoms with E-state index < -0.39 is 5.91 Å². The minimum absolute atomic E-state index is 0.0626. The van der Waals surface area contributed by atoms with Crippen molar-refractivity contribution < 1.29 is 9.59 Å². The van der Waals surface area contributed by atoms with E-state index in [0.29, 0.717) is 17.2 Å². The standard InChI is InChI=1S/C19H28N4O2/c1-14-11-16(5-6-17(14)18(20)24)21-19(25)23-10-7-15(13-23)12-22-8-3-2-4-9-22/h5-6,11,15H,2-4,7-10,12-13H2,1H3,(H2,20,24)(H,21,25). The van der Waals surface area contributed by atoms with Crippen LogP contribution in [0.5, 0.6) is 0 Å². The van der Waals surface area contributed by atoms with E-state index in [2.05, 4.69) is 10.2 Å². The summed E-state index contributed by atoms with van der Waals surface area (Å²) >= 11 is 0. The van der Waals surface area contributed by atoms with Gasteiger partial charge in [-0.25, -0.2) is 4.79 Å². The number of nitrogens with zero attached hydrogens (tertiary/aromatic N) is 2. The van der Waals surface area contributed by atoms with Gasteiger partial charge in [-0.3, -0.25) is 4.79 Å². The number of nitrogens with two attached hydrogens (primary N) is 1. The Balaban J connectivity index is 1.52. The number of hydrogen-bond acceptors (Lipinski definition) is 3. The third-order valence-electron chi connectivity index (χ3n) is 5.28. The van der Waals surface area contributed by atoms with E-state index in [1.54, 1.807) is 18.2 Å². The molecule has 1 aromatic rings. The summed E-state index contributed by atoms with van der Waals surface area (Å²) in [6.07, 6.45) is 5.03. The zero-order valence-corrected chi connectivity index (χ0v) is 15.0. The van der Waals surface area contributed by atoms with Crippen LogP contribution in [-0.2, 0) is 0 Å². The molecule has 3 amide bonds. The van der Waals surface area contributed by atoms with Gasteiger partial charge in [0, 0.05) is 30.9 Å². The van der Waals surface area contributed by atoms with Crippen LogP contribution in [0.1, 0.15) is 41.6 Å². The van der Waals surface area contributed by atoms with Gasteiger partial charge in [0.1, 0.15) is 0 Å². The lowest BCUT2D eigenvalue weighted by Gasteiger charge is -2.29. The summed E-state index contributed by atoms with van der Waals surface area (Å²) < 4.78 is 0. The highest BCUT2D eigenvalue weighted by Gasteiger charge is 2.28. The first-order chi connectivity index (χ1) is 12.0. The van der Waals surface area contributed by atoms with Gasteiger partial charge < -0.3 is 20.9 Å². The molecule has 1 unspecified atom stereocenters. The Morgan fingerprint density at radius 3 is 2.64 bits per heavy atom. The molecular formula is C19H28N4O2. The minimum atomic E-state index is -0.449. The fourth-order valence-electron chi connectivity index (χ4n) is 3.89. The maximum Gasteiger partial charge on any atom is 0.321 e. The molecule has 2 aliphatic heterocycles. The smallest absolute Gasteiger partial charge is 0.321 e. The van der Waals surface area contributed by atoms with E-state index >= 15 is 0 Å². The van der Waals surface area contributed by atoms with Crippen LogP contribution in [0, 0.1) is 12.8 Å². The third-order valence-corrected chi connectivity index (χ3v) is 5.28. The number of rotatable bonds is 4. The topological polar surface area (TPSA) is 78.7 Å². The molecule has 1 aromatic carbocycles. The number of benzene rings is 1. The predicted octanol–water partition coefficient (Wildman–Crippen LogP) is 2.43. The Kier molecular flexibility index (Phi) is 5.58. The molecule has 136 valence electrons. The number of hydrogen-bond donors (Lipinski definition) is 2. The number of nitrogens with one attached hydrogen (secondary N) is 1. The first-order valence-corrected chi connectivity index (χ1v) is 9.21. The number of carbonyl (C=O) groups is 2. The summed E-state index contributed by atoms with van der Waals surface area (Å²) in [6.45, 7) is 6.96. The van der Waals surface area contributed by atoms with Gasteiger partial charge in [0.05, 0.1) is 0 Å². The van der Waals surface area contributed by atoms with Crippen molar-refractivity contribution in [2.45, 2.75) is 32.6 Å². The first kappa shape index (κ1) is 17.7. The molecule has 2 heterocycles. The number of amides is 3. The van der Waals surface area contributed by atoms with Crippen molar-refractivity contribution >= 4 is 17.6 Å². The third kappa shape index (κ3) is 4.51. The lowest BCUT2D eigenvalue weighted by molar-refractivity contribution is 0.0999. The van der Waals surface area contributed by atoms with Crippen LogP contribution in [0.25, 0.3) is 0 Å². The average Bonchev–Trinajstić information content (AvgIpc) is 3.04. The lowest BCUT2D eigenvalue weighted by Crippen LogP contribution is -2.37. The molecular weight excluding hydrogens is 316 g/mol. The number of urea groups is 1. The number of carbonyl (C=O) groups excluding carboxylic acids is 2. The maximum atomic E-state index is 12.5. The second kappa shape index (κ2) is 7.87. The molecule has 2 fully saturated rings. The Hall–Kier alpha value is -2.08. The van der Waals surface area contributed by atoms with E-state index in [1.807, 2.05) is 11.8 Å². The highest BCUT2D eigenvalue weighted by atomic mass is 16.2. The van der Waals surface area contributed by atoms with E-state index in [-0.39, 0.29) is 6.03 Å².